The molecule has 2 heterocycles. The molecule has 5 nitrogen and oxygen atoms in total. The van der Waals surface area contributed by atoms with Gasteiger partial charge in [-0.1, -0.05) is 5.16 Å². The van der Waals surface area contributed by atoms with Crippen LogP contribution >= 0.6 is 0 Å². The number of anilines is 1. The maximum Gasteiger partial charge on any atom is 0.155 e. The minimum Gasteiger partial charge on any atom is -0.362 e. The van der Waals surface area contributed by atoms with Crippen LogP contribution in [0.25, 0.3) is 0 Å². The molecule has 0 atom stereocenters. The summed E-state index contributed by atoms with van der Waals surface area (Å²) < 4.78 is 5.02. The average molecular weight is 216 g/mol. The van der Waals surface area contributed by atoms with Crippen LogP contribution in [-0.2, 0) is 19.4 Å². The molecule has 0 saturated carbocycles. The number of nitrogens with zero attached hydrogens (tertiary/aromatic N) is 3. The highest BCUT2D eigenvalue weighted by Crippen LogP contribution is 2.25. The molecular formula is C11H12N4O. The molecule has 0 aliphatic heterocycles. The predicted octanol–water partition coefficient (Wildman–Crippen LogP) is 1.57. The van der Waals surface area contributed by atoms with Crippen LogP contribution in [0.3, 0.4) is 0 Å². The van der Waals surface area contributed by atoms with Gasteiger partial charge in [0, 0.05) is 17.3 Å². The molecule has 16 heavy (non-hydrogen) atoms. The van der Waals surface area contributed by atoms with Gasteiger partial charge in [-0.3, -0.25) is 0 Å². The largest absolute Gasteiger partial charge is 0.362 e. The molecule has 0 fully saturated rings. The van der Waals surface area contributed by atoms with Crippen LogP contribution in [0.15, 0.2) is 23.1 Å². The van der Waals surface area contributed by atoms with Crippen molar-refractivity contribution >= 4 is 5.82 Å². The zero-order chi connectivity index (χ0) is 10.8. The van der Waals surface area contributed by atoms with Gasteiger partial charge in [-0.05, 0) is 19.3 Å². The zero-order valence-electron chi connectivity index (χ0n) is 8.81. The highest BCUT2D eigenvalue weighted by atomic mass is 16.5. The van der Waals surface area contributed by atoms with Crippen molar-refractivity contribution in [3.63, 3.8) is 0 Å². The Labute approximate surface area is 92.9 Å². The third kappa shape index (κ3) is 1.64. The number of hydrogen-bond acceptors (Lipinski definition) is 5. The van der Waals surface area contributed by atoms with Crippen molar-refractivity contribution < 1.29 is 4.52 Å². The summed E-state index contributed by atoms with van der Waals surface area (Å²) in [7, 11) is 0. The van der Waals surface area contributed by atoms with Crippen molar-refractivity contribution in [2.24, 2.45) is 0 Å². The van der Waals surface area contributed by atoms with E-state index >= 15 is 0 Å². The van der Waals surface area contributed by atoms with E-state index in [4.69, 9.17) is 4.52 Å². The Bertz CT molecular complexity index is 481. The van der Waals surface area contributed by atoms with Gasteiger partial charge in [-0.15, -0.1) is 0 Å². The molecule has 5 heteroatoms. The molecular weight excluding hydrogens is 204 g/mol. The van der Waals surface area contributed by atoms with Crippen molar-refractivity contribution in [2.75, 3.05) is 5.32 Å². The second kappa shape index (κ2) is 3.92. The molecule has 0 saturated heterocycles. The van der Waals surface area contributed by atoms with E-state index in [1.807, 2.05) is 6.07 Å². The minimum atomic E-state index is 0.615. The smallest absolute Gasteiger partial charge is 0.155 e. The molecule has 2 aromatic rings. The van der Waals surface area contributed by atoms with E-state index < -0.39 is 0 Å². The van der Waals surface area contributed by atoms with E-state index in [-0.39, 0.29) is 0 Å². The Hall–Kier alpha value is -1.91. The molecule has 0 amide bonds. The van der Waals surface area contributed by atoms with Crippen LogP contribution in [0.1, 0.15) is 23.4 Å². The summed E-state index contributed by atoms with van der Waals surface area (Å²) in [5.41, 5.74) is 2.43. The Balaban J connectivity index is 1.78. The van der Waals surface area contributed by atoms with Crippen molar-refractivity contribution in [1.29, 1.82) is 0 Å². The van der Waals surface area contributed by atoms with Crippen LogP contribution in [-0.4, -0.2) is 15.1 Å². The molecule has 82 valence electrons. The first kappa shape index (κ1) is 9.33. The summed E-state index contributed by atoms with van der Waals surface area (Å²) in [6.07, 6.45) is 6.56. The quantitative estimate of drug-likeness (QED) is 0.843. The SMILES string of the molecule is c1cc(CNc2ncnc3c2CCC3)on1. The maximum atomic E-state index is 5.02. The third-order valence-corrected chi connectivity index (χ3v) is 2.80. The van der Waals surface area contributed by atoms with E-state index in [1.54, 1.807) is 12.5 Å². The molecule has 0 unspecified atom stereocenters. The summed E-state index contributed by atoms with van der Waals surface area (Å²) in [6.45, 7) is 0.615. The van der Waals surface area contributed by atoms with Crippen molar-refractivity contribution in [3.05, 3.63) is 35.6 Å². The summed E-state index contributed by atoms with van der Waals surface area (Å²) in [5, 5.41) is 6.92. The highest BCUT2D eigenvalue weighted by Gasteiger charge is 2.16. The monoisotopic (exact) mass is 216 g/mol. The Kier molecular flexibility index (Phi) is 2.29. The topological polar surface area (TPSA) is 63.8 Å². The molecule has 1 aliphatic carbocycles. The summed E-state index contributed by atoms with van der Waals surface area (Å²) in [4.78, 5) is 8.54. The van der Waals surface area contributed by atoms with Crippen molar-refractivity contribution in [2.45, 2.75) is 25.8 Å². The first-order valence-corrected chi connectivity index (χ1v) is 5.39. The van der Waals surface area contributed by atoms with Gasteiger partial charge in [0.2, 0.25) is 0 Å². The lowest BCUT2D eigenvalue weighted by molar-refractivity contribution is 0.388. The van der Waals surface area contributed by atoms with Gasteiger partial charge in [0.15, 0.2) is 5.76 Å². The lowest BCUT2D eigenvalue weighted by Crippen LogP contribution is -2.04. The fourth-order valence-electron chi connectivity index (χ4n) is 2.02. The summed E-state index contributed by atoms with van der Waals surface area (Å²) >= 11 is 0. The Morgan fingerprint density at radius 3 is 3.19 bits per heavy atom. The Morgan fingerprint density at radius 2 is 2.31 bits per heavy atom. The van der Waals surface area contributed by atoms with Crippen LogP contribution in [0.5, 0.6) is 0 Å². The number of hydrogen-bond donors (Lipinski definition) is 1. The first-order valence-electron chi connectivity index (χ1n) is 5.39. The molecule has 3 rings (SSSR count). The average Bonchev–Trinajstić information content (AvgIpc) is 2.97. The Morgan fingerprint density at radius 1 is 1.31 bits per heavy atom. The number of aryl methyl sites for hydroxylation is 1. The third-order valence-electron chi connectivity index (χ3n) is 2.80. The normalized spacial score (nSPS) is 13.8. The molecule has 0 radical (unpaired) electrons. The van der Waals surface area contributed by atoms with E-state index in [9.17, 15) is 0 Å². The van der Waals surface area contributed by atoms with Crippen LogP contribution < -0.4 is 5.32 Å². The number of aromatic nitrogens is 3. The van der Waals surface area contributed by atoms with Gasteiger partial charge < -0.3 is 9.84 Å². The van der Waals surface area contributed by atoms with Gasteiger partial charge in [0.25, 0.3) is 0 Å². The van der Waals surface area contributed by atoms with Gasteiger partial charge >= 0.3 is 0 Å². The zero-order valence-corrected chi connectivity index (χ0v) is 8.81. The van der Waals surface area contributed by atoms with Crippen LogP contribution in [0.4, 0.5) is 5.82 Å². The highest BCUT2D eigenvalue weighted by molar-refractivity contribution is 5.47. The molecule has 0 aromatic carbocycles. The van der Waals surface area contributed by atoms with Gasteiger partial charge in [0.1, 0.15) is 12.1 Å². The summed E-state index contributed by atoms with van der Waals surface area (Å²) in [6, 6.07) is 1.84. The minimum absolute atomic E-state index is 0.615. The second-order valence-corrected chi connectivity index (χ2v) is 3.83. The number of fused-ring (bicyclic) bond motifs is 1. The molecule has 1 N–H and O–H groups in total. The molecule has 0 spiro atoms. The standard InChI is InChI=1S/C11H12N4O/c1-2-9-10(3-1)13-7-14-11(9)12-6-8-4-5-15-16-8/h4-5,7H,1-3,6H2,(H,12,13,14). The number of nitrogens with one attached hydrogen (secondary N) is 1. The van der Waals surface area contributed by atoms with Gasteiger partial charge in [0.05, 0.1) is 12.7 Å². The van der Waals surface area contributed by atoms with Crippen LogP contribution in [0, 0.1) is 0 Å². The lowest BCUT2D eigenvalue weighted by Gasteiger charge is -2.07. The maximum absolute atomic E-state index is 5.02. The van der Waals surface area contributed by atoms with Crippen LogP contribution in [0.2, 0.25) is 0 Å². The number of rotatable bonds is 3. The second-order valence-electron chi connectivity index (χ2n) is 3.83. The molecule has 1 aliphatic rings. The van der Waals surface area contributed by atoms with E-state index in [0.717, 1.165) is 24.4 Å². The van der Waals surface area contributed by atoms with Gasteiger partial charge in [-0.25, -0.2) is 9.97 Å². The molecule has 2 aromatic heterocycles. The van der Waals surface area contributed by atoms with Gasteiger partial charge in [-0.2, -0.15) is 0 Å². The fraction of sp³-hybridized carbons (Fsp3) is 0.364. The molecule has 0 bridgehead atoms. The fourth-order valence-corrected chi connectivity index (χ4v) is 2.02. The van der Waals surface area contributed by atoms with Crippen molar-refractivity contribution in [1.82, 2.24) is 15.1 Å². The van der Waals surface area contributed by atoms with E-state index in [1.165, 1.54) is 17.7 Å². The predicted molar refractivity (Wildman–Crippen MR) is 57.9 cm³/mol. The lowest BCUT2D eigenvalue weighted by atomic mass is 10.2. The van der Waals surface area contributed by atoms with Crippen molar-refractivity contribution in [3.8, 4) is 0 Å². The van der Waals surface area contributed by atoms with E-state index in [0.29, 0.717) is 6.54 Å². The van der Waals surface area contributed by atoms with E-state index in [2.05, 4.69) is 20.4 Å². The summed E-state index contributed by atoms with van der Waals surface area (Å²) in [5.74, 6) is 1.74. The first-order chi connectivity index (χ1) is 7.93.